The Hall–Kier alpha value is -0.740. The van der Waals surface area contributed by atoms with Gasteiger partial charge >= 0.3 is 0 Å². The molecule has 0 fully saturated rings. The Kier molecular flexibility index (Phi) is 5.50. The lowest BCUT2D eigenvalue weighted by Crippen LogP contribution is -2.23. The second-order valence-electron chi connectivity index (χ2n) is 3.71. The lowest BCUT2D eigenvalue weighted by atomic mass is 10.4. The molecule has 0 amide bonds. The minimum atomic E-state index is 0.565. The van der Waals surface area contributed by atoms with Crippen molar-refractivity contribution in [1.29, 1.82) is 0 Å². The van der Waals surface area contributed by atoms with Crippen LogP contribution in [-0.2, 0) is 0 Å². The molecule has 84 valence electrons. The van der Waals surface area contributed by atoms with Crippen molar-refractivity contribution in [3.8, 4) is 0 Å². The van der Waals surface area contributed by atoms with E-state index >= 15 is 0 Å². The zero-order chi connectivity index (χ0) is 11.1. The van der Waals surface area contributed by atoms with E-state index in [1.165, 1.54) is 0 Å². The second-order valence-corrected chi connectivity index (χ2v) is 4.79. The van der Waals surface area contributed by atoms with E-state index in [0.29, 0.717) is 6.04 Å². The number of hydrogen-bond acceptors (Lipinski definition) is 4. The lowest BCUT2D eigenvalue weighted by Gasteiger charge is -2.07. The number of nitrogen functional groups attached to an aromatic ring is 1. The average Bonchev–Trinajstić information content (AvgIpc) is 2.20. The summed E-state index contributed by atoms with van der Waals surface area (Å²) >= 11 is 1.72. The summed E-state index contributed by atoms with van der Waals surface area (Å²) in [4.78, 5) is 4.23. The van der Waals surface area contributed by atoms with Gasteiger partial charge in [-0.15, -0.1) is 11.8 Å². The fraction of sp³-hybridized carbons (Fsp3) is 0.545. The van der Waals surface area contributed by atoms with Gasteiger partial charge in [-0.1, -0.05) is 13.8 Å². The van der Waals surface area contributed by atoms with Crippen LogP contribution in [0.5, 0.6) is 0 Å². The first-order valence-electron chi connectivity index (χ1n) is 5.27. The third-order valence-electron chi connectivity index (χ3n) is 1.91. The quantitative estimate of drug-likeness (QED) is 0.575. The van der Waals surface area contributed by atoms with Crippen LogP contribution in [-0.4, -0.2) is 23.3 Å². The van der Waals surface area contributed by atoms with Crippen molar-refractivity contribution in [3.05, 3.63) is 18.3 Å². The minimum Gasteiger partial charge on any atom is -0.397 e. The Morgan fingerprint density at radius 1 is 1.53 bits per heavy atom. The largest absolute Gasteiger partial charge is 0.397 e. The van der Waals surface area contributed by atoms with Gasteiger partial charge in [-0.2, -0.15) is 0 Å². The molecule has 1 aromatic heterocycles. The number of rotatable bonds is 6. The smallest absolute Gasteiger partial charge is 0.119 e. The highest BCUT2D eigenvalue weighted by Crippen LogP contribution is 2.21. The normalized spacial score (nSPS) is 10.9. The summed E-state index contributed by atoms with van der Waals surface area (Å²) < 4.78 is 0. The number of anilines is 1. The number of hydrogen-bond donors (Lipinski definition) is 2. The van der Waals surface area contributed by atoms with E-state index in [-0.39, 0.29) is 0 Å². The molecule has 1 rings (SSSR count). The summed E-state index contributed by atoms with van der Waals surface area (Å²) in [5.74, 6) is 1.06. The number of aromatic nitrogens is 1. The maximum Gasteiger partial charge on any atom is 0.119 e. The van der Waals surface area contributed by atoms with Crippen LogP contribution in [0.1, 0.15) is 20.3 Å². The van der Waals surface area contributed by atoms with Gasteiger partial charge in [-0.3, -0.25) is 0 Å². The van der Waals surface area contributed by atoms with Crippen LogP contribution in [0.25, 0.3) is 0 Å². The van der Waals surface area contributed by atoms with E-state index in [4.69, 9.17) is 5.73 Å². The first-order chi connectivity index (χ1) is 7.20. The highest BCUT2D eigenvalue weighted by molar-refractivity contribution is 7.99. The molecule has 0 saturated carbocycles. The van der Waals surface area contributed by atoms with Crippen LogP contribution in [0.2, 0.25) is 0 Å². The molecule has 3 N–H and O–H groups in total. The second kappa shape index (κ2) is 6.69. The summed E-state index contributed by atoms with van der Waals surface area (Å²) in [6.07, 6.45) is 2.92. The van der Waals surface area contributed by atoms with Gasteiger partial charge in [-0.25, -0.2) is 4.98 Å². The van der Waals surface area contributed by atoms with Gasteiger partial charge in [-0.05, 0) is 25.1 Å². The molecule has 0 aliphatic rings. The third-order valence-corrected chi connectivity index (χ3v) is 3.02. The van der Waals surface area contributed by atoms with Gasteiger partial charge in [0.05, 0.1) is 5.69 Å². The summed E-state index contributed by atoms with van der Waals surface area (Å²) in [5, 5.41) is 4.33. The van der Waals surface area contributed by atoms with Crippen LogP contribution in [0, 0.1) is 0 Å². The van der Waals surface area contributed by atoms with Crippen LogP contribution < -0.4 is 11.1 Å². The molecule has 0 aliphatic heterocycles. The molecular weight excluding hydrogens is 206 g/mol. The van der Waals surface area contributed by atoms with Crippen molar-refractivity contribution in [2.75, 3.05) is 18.0 Å². The molecule has 1 heterocycles. The van der Waals surface area contributed by atoms with Gasteiger partial charge in [0.15, 0.2) is 0 Å². The van der Waals surface area contributed by atoms with Gasteiger partial charge in [0, 0.05) is 18.0 Å². The molecule has 4 heteroatoms. The molecule has 0 radical (unpaired) electrons. The van der Waals surface area contributed by atoms with Crippen molar-refractivity contribution in [1.82, 2.24) is 10.3 Å². The summed E-state index contributed by atoms with van der Waals surface area (Å²) in [6.45, 7) is 5.37. The van der Waals surface area contributed by atoms with Gasteiger partial charge in [0.1, 0.15) is 5.03 Å². The summed E-state index contributed by atoms with van der Waals surface area (Å²) in [5.41, 5.74) is 6.56. The molecule has 0 unspecified atom stereocenters. The topological polar surface area (TPSA) is 50.9 Å². The van der Waals surface area contributed by atoms with E-state index in [1.807, 2.05) is 12.1 Å². The van der Waals surface area contributed by atoms with Crippen molar-refractivity contribution in [3.63, 3.8) is 0 Å². The zero-order valence-electron chi connectivity index (χ0n) is 9.36. The van der Waals surface area contributed by atoms with Gasteiger partial charge < -0.3 is 11.1 Å². The number of thioether (sulfide) groups is 1. The standard InChI is InChI=1S/C11H19N3S/c1-9(2)13-7-4-8-15-11-10(12)5-3-6-14-11/h3,5-6,9,13H,4,7-8,12H2,1-2H3. The SMILES string of the molecule is CC(C)NCCCSc1ncccc1N. The van der Waals surface area contributed by atoms with E-state index in [9.17, 15) is 0 Å². The molecule has 0 spiro atoms. The number of nitrogens with one attached hydrogen (secondary N) is 1. The summed E-state index contributed by atoms with van der Waals surface area (Å²) in [7, 11) is 0. The highest BCUT2D eigenvalue weighted by Gasteiger charge is 1.99. The van der Waals surface area contributed by atoms with Crippen molar-refractivity contribution in [2.24, 2.45) is 0 Å². The maximum atomic E-state index is 5.78. The first kappa shape index (κ1) is 12.3. The van der Waals surface area contributed by atoms with Crippen molar-refractivity contribution in [2.45, 2.75) is 31.3 Å². The predicted octanol–water partition coefficient (Wildman–Crippen LogP) is 2.14. The van der Waals surface area contributed by atoms with Crippen molar-refractivity contribution >= 4 is 17.4 Å². The number of nitrogens with two attached hydrogens (primary N) is 1. The van der Waals surface area contributed by atoms with Crippen LogP contribution >= 0.6 is 11.8 Å². The molecule has 1 aromatic rings. The predicted molar refractivity (Wildman–Crippen MR) is 67.1 cm³/mol. The Morgan fingerprint density at radius 3 is 3.00 bits per heavy atom. The van der Waals surface area contributed by atoms with Gasteiger partial charge in [0.2, 0.25) is 0 Å². The lowest BCUT2D eigenvalue weighted by molar-refractivity contribution is 0.586. The van der Waals surface area contributed by atoms with Gasteiger partial charge in [0.25, 0.3) is 0 Å². The molecular formula is C11H19N3S. The average molecular weight is 225 g/mol. The molecule has 0 atom stereocenters. The first-order valence-corrected chi connectivity index (χ1v) is 6.25. The van der Waals surface area contributed by atoms with E-state index in [0.717, 1.165) is 29.4 Å². The monoisotopic (exact) mass is 225 g/mol. The summed E-state index contributed by atoms with van der Waals surface area (Å²) in [6, 6.07) is 4.32. The number of nitrogens with zero attached hydrogens (tertiary/aromatic N) is 1. The Morgan fingerprint density at radius 2 is 2.33 bits per heavy atom. The molecule has 0 bridgehead atoms. The maximum absolute atomic E-state index is 5.78. The molecule has 15 heavy (non-hydrogen) atoms. The Bertz CT molecular complexity index is 289. The Balaban J connectivity index is 2.18. The van der Waals surface area contributed by atoms with Crippen LogP contribution in [0.15, 0.2) is 23.4 Å². The zero-order valence-corrected chi connectivity index (χ0v) is 10.2. The Labute approximate surface area is 95.9 Å². The molecule has 0 aliphatic carbocycles. The van der Waals surface area contributed by atoms with E-state index in [2.05, 4.69) is 24.1 Å². The third kappa shape index (κ3) is 5.04. The highest BCUT2D eigenvalue weighted by atomic mass is 32.2. The fourth-order valence-electron chi connectivity index (χ4n) is 1.16. The minimum absolute atomic E-state index is 0.565. The molecule has 3 nitrogen and oxygen atoms in total. The number of pyridine rings is 1. The molecule has 0 aromatic carbocycles. The van der Waals surface area contributed by atoms with Crippen LogP contribution in [0.4, 0.5) is 5.69 Å². The van der Waals surface area contributed by atoms with E-state index < -0.39 is 0 Å². The van der Waals surface area contributed by atoms with Crippen LogP contribution in [0.3, 0.4) is 0 Å². The van der Waals surface area contributed by atoms with E-state index in [1.54, 1.807) is 18.0 Å². The fourth-order valence-corrected chi connectivity index (χ4v) is 2.01. The van der Waals surface area contributed by atoms with Crippen molar-refractivity contribution < 1.29 is 0 Å². The molecule has 0 saturated heterocycles.